The van der Waals surface area contributed by atoms with Gasteiger partial charge < -0.3 is 10.6 Å². The zero-order valence-corrected chi connectivity index (χ0v) is 10.8. The number of rotatable bonds is 4. The van der Waals surface area contributed by atoms with E-state index in [0.717, 1.165) is 5.56 Å². The summed E-state index contributed by atoms with van der Waals surface area (Å²) in [5, 5.41) is 4.02. The molecule has 3 nitrogen and oxygen atoms in total. The molecule has 2 aromatic rings. The summed E-state index contributed by atoms with van der Waals surface area (Å²) in [5.41, 5.74) is 1.43. The fraction of sp³-hybridized carbons (Fsp3) is 0.0714. The van der Waals surface area contributed by atoms with E-state index < -0.39 is 0 Å². The first kappa shape index (κ1) is 13.4. The van der Waals surface area contributed by atoms with Crippen molar-refractivity contribution in [2.75, 3.05) is 0 Å². The smallest absolute Gasteiger partial charge is 0.131 e. The van der Waals surface area contributed by atoms with E-state index in [9.17, 15) is 4.39 Å². The molecule has 0 atom stereocenters. The fourth-order valence-corrected chi connectivity index (χ4v) is 1.78. The third-order valence-electron chi connectivity index (χ3n) is 2.53. The predicted molar refractivity (Wildman–Crippen MR) is 74.0 cm³/mol. The average Bonchev–Trinajstić information content (AvgIpc) is 2.41. The Hall–Kier alpha value is -2.07. The lowest BCUT2D eigenvalue weighted by Gasteiger charge is -2.10. The first-order valence-electron chi connectivity index (χ1n) is 5.59. The molecule has 0 aliphatic carbocycles. The first-order chi connectivity index (χ1) is 9.20. The third-order valence-corrected chi connectivity index (χ3v) is 2.90. The molecular formula is C14H12ClFN2O. The Kier molecular flexibility index (Phi) is 4.36. The van der Waals surface area contributed by atoms with Crippen molar-refractivity contribution in [3.8, 4) is 5.75 Å². The molecule has 5 heteroatoms. The van der Waals surface area contributed by atoms with Crippen LogP contribution in [0.2, 0.25) is 5.02 Å². The van der Waals surface area contributed by atoms with Crippen molar-refractivity contribution in [2.24, 2.45) is 10.9 Å². The molecule has 0 saturated heterocycles. The summed E-state index contributed by atoms with van der Waals surface area (Å²) in [6, 6.07) is 11.5. The minimum Gasteiger partial charge on any atom is -0.488 e. The molecule has 2 aromatic carbocycles. The van der Waals surface area contributed by atoms with Gasteiger partial charge in [0, 0.05) is 22.2 Å². The Balaban J connectivity index is 2.19. The van der Waals surface area contributed by atoms with Gasteiger partial charge in [-0.15, -0.1) is 0 Å². The molecule has 2 rings (SSSR count). The van der Waals surface area contributed by atoms with Crippen LogP contribution in [-0.4, -0.2) is 6.21 Å². The summed E-state index contributed by atoms with van der Waals surface area (Å²) in [6.45, 7) is 0.245. The van der Waals surface area contributed by atoms with Crippen LogP contribution in [0.1, 0.15) is 11.1 Å². The number of nitrogens with two attached hydrogens (primary N) is 1. The van der Waals surface area contributed by atoms with E-state index in [4.69, 9.17) is 22.2 Å². The van der Waals surface area contributed by atoms with Gasteiger partial charge in [0.15, 0.2) is 0 Å². The summed E-state index contributed by atoms with van der Waals surface area (Å²) in [5.74, 6) is 5.08. The topological polar surface area (TPSA) is 47.6 Å². The molecule has 0 aliphatic rings. The van der Waals surface area contributed by atoms with Gasteiger partial charge in [0.1, 0.15) is 18.2 Å². The summed E-state index contributed by atoms with van der Waals surface area (Å²) in [4.78, 5) is 0. The first-order valence-corrected chi connectivity index (χ1v) is 5.97. The summed E-state index contributed by atoms with van der Waals surface area (Å²) in [6.07, 6.45) is 1.40. The maximum atomic E-state index is 13.2. The van der Waals surface area contributed by atoms with Gasteiger partial charge in [-0.1, -0.05) is 29.8 Å². The molecular weight excluding hydrogens is 267 g/mol. The van der Waals surface area contributed by atoms with Crippen molar-refractivity contribution in [1.29, 1.82) is 0 Å². The van der Waals surface area contributed by atoms with Crippen molar-refractivity contribution in [2.45, 2.75) is 6.61 Å². The van der Waals surface area contributed by atoms with Crippen LogP contribution < -0.4 is 10.6 Å². The molecule has 0 bridgehead atoms. The van der Waals surface area contributed by atoms with Crippen LogP contribution in [0.15, 0.2) is 47.6 Å². The van der Waals surface area contributed by atoms with E-state index in [1.165, 1.54) is 18.3 Å². The van der Waals surface area contributed by atoms with E-state index in [2.05, 4.69) is 5.10 Å². The third kappa shape index (κ3) is 3.45. The van der Waals surface area contributed by atoms with E-state index in [1.807, 2.05) is 18.2 Å². The van der Waals surface area contributed by atoms with Gasteiger partial charge in [0.05, 0.1) is 6.21 Å². The van der Waals surface area contributed by atoms with Crippen molar-refractivity contribution in [3.63, 3.8) is 0 Å². The highest BCUT2D eigenvalue weighted by Gasteiger charge is 2.06. The number of nitrogens with zero attached hydrogens (tertiary/aromatic N) is 1. The molecule has 0 amide bonds. The fourth-order valence-electron chi connectivity index (χ4n) is 1.59. The van der Waals surface area contributed by atoms with Gasteiger partial charge >= 0.3 is 0 Å². The molecule has 0 aromatic heterocycles. The minimum absolute atomic E-state index is 0.245. The number of benzene rings is 2. The van der Waals surface area contributed by atoms with Crippen LogP contribution in [0.5, 0.6) is 5.75 Å². The second-order valence-electron chi connectivity index (χ2n) is 3.84. The molecule has 0 heterocycles. The van der Waals surface area contributed by atoms with Crippen LogP contribution in [0.4, 0.5) is 4.39 Å². The van der Waals surface area contributed by atoms with Gasteiger partial charge in [-0.25, -0.2) is 4.39 Å². The number of hydrogen-bond acceptors (Lipinski definition) is 3. The Labute approximate surface area is 115 Å². The molecule has 19 heavy (non-hydrogen) atoms. The summed E-state index contributed by atoms with van der Waals surface area (Å²) < 4.78 is 18.8. The van der Waals surface area contributed by atoms with Crippen molar-refractivity contribution in [3.05, 3.63) is 64.4 Å². The van der Waals surface area contributed by atoms with Crippen LogP contribution in [0.25, 0.3) is 0 Å². The highest BCUT2D eigenvalue weighted by atomic mass is 35.5. The number of hydrazone groups is 1. The Morgan fingerprint density at radius 2 is 2.05 bits per heavy atom. The van der Waals surface area contributed by atoms with E-state index in [-0.39, 0.29) is 12.4 Å². The molecule has 0 spiro atoms. The maximum absolute atomic E-state index is 13.2. The van der Waals surface area contributed by atoms with E-state index in [1.54, 1.807) is 12.1 Å². The molecule has 0 radical (unpaired) electrons. The molecule has 0 unspecified atom stereocenters. The monoisotopic (exact) mass is 278 g/mol. The van der Waals surface area contributed by atoms with E-state index >= 15 is 0 Å². The number of ether oxygens (including phenoxy) is 1. The Morgan fingerprint density at radius 3 is 2.79 bits per heavy atom. The average molecular weight is 279 g/mol. The molecule has 0 saturated carbocycles. The lowest BCUT2D eigenvalue weighted by atomic mass is 10.2. The predicted octanol–water partition coefficient (Wildman–Crippen LogP) is 3.35. The van der Waals surface area contributed by atoms with Gasteiger partial charge in [-0.3, -0.25) is 0 Å². The molecule has 0 aliphatic heterocycles. The zero-order valence-electron chi connectivity index (χ0n) is 10.0. The summed E-state index contributed by atoms with van der Waals surface area (Å²) >= 11 is 6.02. The SMILES string of the molecule is NN=Cc1ccc(F)cc1OCc1ccccc1Cl. The quantitative estimate of drug-likeness (QED) is 0.530. The second-order valence-corrected chi connectivity index (χ2v) is 4.25. The standard InChI is InChI=1S/C14H12ClFN2O/c15-13-4-2-1-3-11(13)9-19-14-7-12(16)6-5-10(14)8-18-17/h1-8H,9,17H2. The van der Waals surface area contributed by atoms with Crippen molar-refractivity contribution in [1.82, 2.24) is 0 Å². The molecule has 98 valence electrons. The van der Waals surface area contributed by atoms with Crippen LogP contribution in [0.3, 0.4) is 0 Å². The lowest BCUT2D eigenvalue weighted by Crippen LogP contribution is -2.00. The number of hydrogen-bond donors (Lipinski definition) is 1. The molecule has 0 fully saturated rings. The van der Waals surface area contributed by atoms with E-state index in [0.29, 0.717) is 16.3 Å². The van der Waals surface area contributed by atoms with Crippen LogP contribution >= 0.6 is 11.6 Å². The van der Waals surface area contributed by atoms with Crippen LogP contribution in [0, 0.1) is 5.82 Å². The maximum Gasteiger partial charge on any atom is 0.131 e. The Morgan fingerprint density at radius 1 is 1.26 bits per heavy atom. The van der Waals surface area contributed by atoms with Crippen molar-refractivity contribution < 1.29 is 9.13 Å². The zero-order chi connectivity index (χ0) is 13.7. The minimum atomic E-state index is -0.386. The molecule has 2 N–H and O–H groups in total. The van der Waals surface area contributed by atoms with Gasteiger partial charge in [-0.2, -0.15) is 5.10 Å². The van der Waals surface area contributed by atoms with Gasteiger partial charge in [0.25, 0.3) is 0 Å². The highest BCUT2D eigenvalue weighted by molar-refractivity contribution is 6.31. The van der Waals surface area contributed by atoms with Gasteiger partial charge in [0.2, 0.25) is 0 Å². The second kappa shape index (κ2) is 6.20. The van der Waals surface area contributed by atoms with Gasteiger partial charge in [-0.05, 0) is 18.2 Å². The van der Waals surface area contributed by atoms with Crippen molar-refractivity contribution >= 4 is 17.8 Å². The van der Waals surface area contributed by atoms with Crippen LogP contribution in [-0.2, 0) is 6.61 Å². The normalized spacial score (nSPS) is 10.8. The number of halogens is 2. The summed E-state index contributed by atoms with van der Waals surface area (Å²) in [7, 11) is 0. The Bertz CT molecular complexity index is 602. The largest absolute Gasteiger partial charge is 0.488 e. The lowest BCUT2D eigenvalue weighted by molar-refractivity contribution is 0.304. The highest BCUT2D eigenvalue weighted by Crippen LogP contribution is 2.22.